The van der Waals surface area contributed by atoms with Crippen molar-refractivity contribution in [1.29, 1.82) is 0 Å². The summed E-state index contributed by atoms with van der Waals surface area (Å²) < 4.78 is 0. The van der Waals surface area contributed by atoms with Gasteiger partial charge in [-0.3, -0.25) is 9.59 Å². The van der Waals surface area contributed by atoms with Gasteiger partial charge in [-0.25, -0.2) is 0 Å². The van der Waals surface area contributed by atoms with Gasteiger partial charge < -0.3 is 10.4 Å². The van der Waals surface area contributed by atoms with Crippen LogP contribution in [0.25, 0.3) is 11.1 Å². The van der Waals surface area contributed by atoms with Gasteiger partial charge in [-0.2, -0.15) is 0 Å². The highest BCUT2D eigenvalue weighted by Gasteiger charge is 2.15. The van der Waals surface area contributed by atoms with Crippen molar-refractivity contribution in [3.05, 3.63) is 75.0 Å². The fraction of sp³-hybridized carbons (Fsp3) is 0.400. The second kappa shape index (κ2) is 12.6. The number of carbonyl (C=O) groups is 2. The molecule has 6 heteroatoms. The van der Waals surface area contributed by atoms with E-state index in [1.54, 1.807) is 0 Å². The molecule has 0 aliphatic carbocycles. The maximum atomic E-state index is 12.1. The molecule has 0 radical (unpaired) electrons. The van der Waals surface area contributed by atoms with Gasteiger partial charge in [0, 0.05) is 16.3 Å². The predicted molar refractivity (Wildman–Crippen MR) is 153 cm³/mol. The van der Waals surface area contributed by atoms with Crippen LogP contribution in [0.4, 0.5) is 0 Å². The molecule has 36 heavy (non-hydrogen) atoms. The number of hydrogen-bond donors (Lipinski definition) is 2. The maximum absolute atomic E-state index is 12.1. The Balaban J connectivity index is 1.47. The molecule has 0 spiro atoms. The molecule has 1 aromatic heterocycles. The SMILES string of the molecule is Cc1cc(SCCCCc2ccc(C(=O)NCCC(=O)O)s2)cc(C)c1-c1ccc(C(C)(C)C)cc1. The fourth-order valence-corrected chi connectivity index (χ4v) is 6.27. The highest BCUT2D eigenvalue weighted by Crippen LogP contribution is 2.33. The molecule has 3 rings (SSSR count). The van der Waals surface area contributed by atoms with Crippen molar-refractivity contribution in [3.8, 4) is 11.1 Å². The standard InChI is InChI=1S/C30H37NO3S2/c1-20-18-25(19-21(2)28(20)22-9-11-23(12-10-22)30(3,4)5)35-17-7-6-8-24-13-14-26(36-24)29(34)31-16-15-27(32)33/h9-14,18-19H,6-8,15-17H2,1-5H3,(H,31,34)(H,32,33). The largest absolute Gasteiger partial charge is 0.481 e. The van der Waals surface area contributed by atoms with Crippen LogP contribution in [0.1, 0.15) is 71.3 Å². The van der Waals surface area contributed by atoms with Crippen LogP contribution in [0.15, 0.2) is 53.4 Å². The van der Waals surface area contributed by atoms with E-state index in [-0.39, 0.29) is 24.3 Å². The molecule has 0 unspecified atom stereocenters. The van der Waals surface area contributed by atoms with E-state index in [0.717, 1.165) is 25.0 Å². The van der Waals surface area contributed by atoms with Gasteiger partial charge in [0.1, 0.15) is 0 Å². The van der Waals surface area contributed by atoms with Gasteiger partial charge >= 0.3 is 5.97 Å². The summed E-state index contributed by atoms with van der Waals surface area (Å²) in [7, 11) is 0. The number of aliphatic carboxylic acids is 1. The summed E-state index contributed by atoms with van der Waals surface area (Å²) in [6.07, 6.45) is 3.07. The third-order valence-corrected chi connectivity index (χ3v) is 8.35. The number of carboxylic acid groups (broad SMARTS) is 1. The van der Waals surface area contributed by atoms with Gasteiger partial charge in [0.25, 0.3) is 5.91 Å². The zero-order valence-electron chi connectivity index (χ0n) is 21.9. The lowest BCUT2D eigenvalue weighted by molar-refractivity contribution is -0.136. The van der Waals surface area contributed by atoms with Crippen molar-refractivity contribution in [2.24, 2.45) is 0 Å². The van der Waals surface area contributed by atoms with E-state index >= 15 is 0 Å². The Morgan fingerprint density at radius 2 is 1.64 bits per heavy atom. The minimum absolute atomic E-state index is 0.0615. The number of carboxylic acids is 1. The summed E-state index contributed by atoms with van der Waals surface area (Å²) in [4.78, 5) is 25.8. The molecular formula is C30H37NO3S2. The summed E-state index contributed by atoms with van der Waals surface area (Å²) in [5, 5.41) is 11.3. The van der Waals surface area contributed by atoms with Crippen molar-refractivity contribution in [2.75, 3.05) is 12.3 Å². The Hall–Kier alpha value is -2.57. The van der Waals surface area contributed by atoms with Crippen LogP contribution in [-0.2, 0) is 16.6 Å². The van der Waals surface area contributed by atoms with Gasteiger partial charge in [-0.1, -0.05) is 45.0 Å². The van der Waals surface area contributed by atoms with Gasteiger partial charge in [-0.05, 0) is 96.4 Å². The second-order valence-corrected chi connectivity index (χ2v) is 12.6. The third-order valence-electron chi connectivity index (χ3n) is 6.14. The number of thioether (sulfide) groups is 1. The van der Waals surface area contributed by atoms with E-state index < -0.39 is 5.97 Å². The van der Waals surface area contributed by atoms with Gasteiger partial charge in [0.05, 0.1) is 11.3 Å². The monoisotopic (exact) mass is 523 g/mol. The Labute approximate surface area is 223 Å². The molecule has 0 aliphatic heterocycles. The molecule has 2 aromatic carbocycles. The average Bonchev–Trinajstić information content (AvgIpc) is 3.27. The fourth-order valence-electron chi connectivity index (χ4n) is 4.20. The highest BCUT2D eigenvalue weighted by molar-refractivity contribution is 7.99. The Kier molecular flexibility index (Phi) is 9.80. The van der Waals surface area contributed by atoms with E-state index in [1.165, 1.54) is 48.9 Å². The number of nitrogens with one attached hydrogen (secondary N) is 1. The minimum Gasteiger partial charge on any atom is -0.481 e. The molecular weight excluding hydrogens is 486 g/mol. The summed E-state index contributed by atoms with van der Waals surface area (Å²) in [6.45, 7) is 11.3. The number of benzene rings is 2. The topological polar surface area (TPSA) is 66.4 Å². The second-order valence-electron chi connectivity index (χ2n) is 10.2. The van der Waals surface area contributed by atoms with Crippen LogP contribution >= 0.6 is 23.1 Å². The van der Waals surface area contributed by atoms with Gasteiger partial charge in [-0.15, -0.1) is 23.1 Å². The average molecular weight is 524 g/mol. The number of carbonyl (C=O) groups excluding carboxylic acids is 1. The van der Waals surface area contributed by atoms with Crippen LogP contribution in [0, 0.1) is 13.8 Å². The number of thiophene rings is 1. The molecule has 0 fully saturated rings. The van der Waals surface area contributed by atoms with Crippen LogP contribution in [0.2, 0.25) is 0 Å². The Morgan fingerprint density at radius 3 is 2.25 bits per heavy atom. The van der Waals surface area contributed by atoms with E-state index in [4.69, 9.17) is 5.11 Å². The third kappa shape index (κ3) is 7.97. The van der Waals surface area contributed by atoms with Crippen molar-refractivity contribution in [2.45, 2.75) is 70.6 Å². The Bertz CT molecular complexity index is 1170. The van der Waals surface area contributed by atoms with E-state index in [9.17, 15) is 9.59 Å². The van der Waals surface area contributed by atoms with Crippen molar-refractivity contribution in [1.82, 2.24) is 5.32 Å². The Morgan fingerprint density at radius 1 is 0.972 bits per heavy atom. The zero-order valence-corrected chi connectivity index (χ0v) is 23.6. The first kappa shape index (κ1) is 28.0. The lowest BCUT2D eigenvalue weighted by atomic mass is 9.85. The molecule has 192 valence electrons. The summed E-state index contributed by atoms with van der Waals surface area (Å²) >= 11 is 3.40. The summed E-state index contributed by atoms with van der Waals surface area (Å²) in [5.41, 5.74) is 6.75. The van der Waals surface area contributed by atoms with Crippen LogP contribution in [0.3, 0.4) is 0 Å². The van der Waals surface area contributed by atoms with Crippen molar-refractivity contribution in [3.63, 3.8) is 0 Å². The number of unbranched alkanes of at least 4 members (excludes halogenated alkanes) is 1. The molecule has 0 atom stereocenters. The number of amides is 1. The number of rotatable bonds is 11. The van der Waals surface area contributed by atoms with Crippen molar-refractivity contribution >= 4 is 35.0 Å². The predicted octanol–water partition coefficient (Wildman–Crippen LogP) is 7.65. The zero-order chi connectivity index (χ0) is 26.3. The molecule has 0 bridgehead atoms. The normalized spacial score (nSPS) is 11.5. The molecule has 2 N–H and O–H groups in total. The quantitative estimate of drug-likeness (QED) is 0.200. The van der Waals surface area contributed by atoms with E-state index in [2.05, 4.69) is 76.3 Å². The minimum atomic E-state index is -0.910. The molecule has 3 aromatic rings. The molecule has 4 nitrogen and oxygen atoms in total. The highest BCUT2D eigenvalue weighted by atomic mass is 32.2. The first-order valence-corrected chi connectivity index (χ1v) is 14.3. The van der Waals surface area contributed by atoms with Crippen LogP contribution in [0.5, 0.6) is 0 Å². The van der Waals surface area contributed by atoms with E-state index in [0.29, 0.717) is 4.88 Å². The number of aryl methyl sites for hydroxylation is 3. The first-order chi connectivity index (χ1) is 17.0. The molecule has 0 aliphatic rings. The van der Waals surface area contributed by atoms with Gasteiger partial charge in [0.15, 0.2) is 0 Å². The molecule has 1 amide bonds. The smallest absolute Gasteiger partial charge is 0.305 e. The molecule has 1 heterocycles. The van der Waals surface area contributed by atoms with E-state index in [1.807, 2.05) is 23.9 Å². The van der Waals surface area contributed by atoms with Crippen molar-refractivity contribution < 1.29 is 14.7 Å². The summed E-state index contributed by atoms with van der Waals surface area (Å²) in [6, 6.07) is 17.4. The lowest BCUT2D eigenvalue weighted by Gasteiger charge is -2.20. The first-order valence-electron chi connectivity index (χ1n) is 12.5. The lowest BCUT2D eigenvalue weighted by Crippen LogP contribution is -2.25. The van der Waals surface area contributed by atoms with Crippen LogP contribution in [-0.4, -0.2) is 29.3 Å². The molecule has 0 saturated carbocycles. The van der Waals surface area contributed by atoms with Gasteiger partial charge in [0.2, 0.25) is 0 Å². The summed E-state index contributed by atoms with van der Waals surface area (Å²) in [5.74, 6) is -0.0403. The maximum Gasteiger partial charge on any atom is 0.305 e. The van der Waals surface area contributed by atoms with Crippen LogP contribution < -0.4 is 5.32 Å². The molecule has 0 saturated heterocycles. The number of hydrogen-bond acceptors (Lipinski definition) is 4.